The number of methoxy groups -OCH3 is 3. The molecular formula is C30H32FN3O4S. The topological polar surface area (TPSA) is 72.9 Å². The second kappa shape index (κ2) is 13.7. The molecule has 0 radical (unpaired) electrons. The molecule has 9 heteroatoms. The van der Waals surface area contributed by atoms with E-state index in [0.717, 1.165) is 27.4 Å². The molecule has 0 bridgehead atoms. The van der Waals surface area contributed by atoms with Crippen molar-refractivity contribution in [1.29, 1.82) is 0 Å². The SMILES string of the molecule is COc1ccc(CN(Cc2ccc(F)cc2)Cc2nc(C(=O)NCCc3ccc(OC)c(OC)c3)cs2)cc1. The van der Waals surface area contributed by atoms with E-state index in [1.165, 1.54) is 23.5 Å². The molecule has 3 aromatic carbocycles. The van der Waals surface area contributed by atoms with Gasteiger partial charge >= 0.3 is 0 Å². The zero-order valence-electron chi connectivity index (χ0n) is 22.3. The lowest BCUT2D eigenvalue weighted by Gasteiger charge is -2.21. The monoisotopic (exact) mass is 549 g/mol. The molecule has 0 aliphatic heterocycles. The first kappa shape index (κ1) is 28.1. The number of carbonyl (C=O) groups is 1. The third-order valence-electron chi connectivity index (χ3n) is 6.18. The van der Waals surface area contributed by atoms with E-state index in [9.17, 15) is 9.18 Å². The van der Waals surface area contributed by atoms with E-state index < -0.39 is 0 Å². The van der Waals surface area contributed by atoms with Gasteiger partial charge in [0.1, 0.15) is 22.3 Å². The first-order valence-corrected chi connectivity index (χ1v) is 13.4. The molecule has 0 fully saturated rings. The van der Waals surface area contributed by atoms with Crippen molar-refractivity contribution in [1.82, 2.24) is 15.2 Å². The summed E-state index contributed by atoms with van der Waals surface area (Å²) in [5, 5.41) is 5.56. The minimum absolute atomic E-state index is 0.210. The number of benzene rings is 3. The highest BCUT2D eigenvalue weighted by Gasteiger charge is 2.15. The maximum Gasteiger partial charge on any atom is 0.270 e. The Bertz CT molecular complexity index is 1360. The highest BCUT2D eigenvalue weighted by atomic mass is 32.1. The van der Waals surface area contributed by atoms with Crippen molar-refractivity contribution in [3.05, 3.63) is 105 Å². The van der Waals surface area contributed by atoms with Gasteiger partial charge in [0, 0.05) is 25.0 Å². The average Bonchev–Trinajstić information content (AvgIpc) is 3.43. The number of nitrogens with one attached hydrogen (secondary N) is 1. The van der Waals surface area contributed by atoms with Crippen molar-refractivity contribution in [2.75, 3.05) is 27.9 Å². The maximum absolute atomic E-state index is 13.4. The Hall–Kier alpha value is -3.95. The van der Waals surface area contributed by atoms with Gasteiger partial charge in [-0.1, -0.05) is 30.3 Å². The summed E-state index contributed by atoms with van der Waals surface area (Å²) < 4.78 is 29.3. The fraction of sp³-hybridized carbons (Fsp3) is 0.267. The molecule has 4 aromatic rings. The molecule has 4 rings (SSSR count). The van der Waals surface area contributed by atoms with Crippen molar-refractivity contribution >= 4 is 17.2 Å². The van der Waals surface area contributed by atoms with Gasteiger partial charge in [0.2, 0.25) is 0 Å². The van der Waals surface area contributed by atoms with Crippen molar-refractivity contribution < 1.29 is 23.4 Å². The Morgan fingerprint density at radius 2 is 1.49 bits per heavy atom. The van der Waals surface area contributed by atoms with Crippen LogP contribution in [0.1, 0.15) is 32.2 Å². The van der Waals surface area contributed by atoms with Crippen LogP contribution in [0.4, 0.5) is 4.39 Å². The van der Waals surface area contributed by atoms with Gasteiger partial charge in [0.15, 0.2) is 11.5 Å². The molecule has 1 heterocycles. The molecule has 1 aromatic heterocycles. The number of amides is 1. The third kappa shape index (κ3) is 8.02. The quantitative estimate of drug-likeness (QED) is 0.238. The second-order valence-electron chi connectivity index (χ2n) is 8.94. The van der Waals surface area contributed by atoms with Gasteiger partial charge in [-0.05, 0) is 59.5 Å². The normalized spacial score (nSPS) is 10.9. The van der Waals surface area contributed by atoms with Gasteiger partial charge in [-0.2, -0.15) is 0 Å². The number of hydrogen-bond acceptors (Lipinski definition) is 7. The summed E-state index contributed by atoms with van der Waals surface area (Å²) in [7, 11) is 4.84. The van der Waals surface area contributed by atoms with Crippen LogP contribution in [0.5, 0.6) is 17.2 Å². The van der Waals surface area contributed by atoms with Gasteiger partial charge in [-0.3, -0.25) is 9.69 Å². The van der Waals surface area contributed by atoms with Gasteiger partial charge in [-0.25, -0.2) is 9.37 Å². The molecule has 1 amide bonds. The Kier molecular flexibility index (Phi) is 9.88. The number of aromatic nitrogens is 1. The Morgan fingerprint density at radius 3 is 2.13 bits per heavy atom. The largest absolute Gasteiger partial charge is 0.497 e. The minimum atomic E-state index is -0.262. The van der Waals surface area contributed by atoms with Crippen LogP contribution in [0, 0.1) is 5.82 Å². The number of rotatable bonds is 13. The molecule has 0 spiro atoms. The third-order valence-corrected chi connectivity index (χ3v) is 7.01. The molecule has 0 saturated heterocycles. The lowest BCUT2D eigenvalue weighted by molar-refractivity contribution is 0.0949. The molecule has 0 saturated carbocycles. The number of carbonyl (C=O) groups excluding carboxylic acids is 1. The number of nitrogens with zero attached hydrogens (tertiary/aromatic N) is 2. The van der Waals surface area contributed by atoms with Gasteiger partial charge in [-0.15, -0.1) is 11.3 Å². The number of ether oxygens (including phenoxy) is 3. The summed E-state index contributed by atoms with van der Waals surface area (Å²) in [6.45, 7) is 2.29. The van der Waals surface area contributed by atoms with E-state index in [1.54, 1.807) is 38.8 Å². The summed E-state index contributed by atoms with van der Waals surface area (Å²) >= 11 is 1.45. The zero-order chi connectivity index (χ0) is 27.6. The van der Waals surface area contributed by atoms with E-state index in [-0.39, 0.29) is 11.7 Å². The second-order valence-corrected chi connectivity index (χ2v) is 9.88. The number of thiazole rings is 1. The van der Waals surface area contributed by atoms with Crippen LogP contribution in [0.25, 0.3) is 0 Å². The number of halogens is 1. The number of hydrogen-bond donors (Lipinski definition) is 1. The van der Waals surface area contributed by atoms with Crippen LogP contribution < -0.4 is 19.5 Å². The van der Waals surface area contributed by atoms with Gasteiger partial charge in [0.05, 0.1) is 27.9 Å². The van der Waals surface area contributed by atoms with Crippen molar-refractivity contribution in [2.24, 2.45) is 0 Å². The first-order valence-electron chi connectivity index (χ1n) is 12.5. The lowest BCUT2D eigenvalue weighted by atomic mass is 10.1. The minimum Gasteiger partial charge on any atom is -0.497 e. The van der Waals surface area contributed by atoms with Crippen LogP contribution in [-0.4, -0.2) is 43.7 Å². The van der Waals surface area contributed by atoms with Gasteiger partial charge < -0.3 is 19.5 Å². The molecule has 204 valence electrons. The molecule has 0 aliphatic carbocycles. The zero-order valence-corrected chi connectivity index (χ0v) is 23.1. The van der Waals surface area contributed by atoms with E-state index in [1.807, 2.05) is 42.5 Å². The van der Waals surface area contributed by atoms with Crippen molar-refractivity contribution in [3.8, 4) is 17.2 Å². The standard InChI is InChI=1S/C30H32FN3O4S/c1-36-25-11-6-23(7-12-25)18-34(17-22-4-9-24(31)10-5-22)19-29-33-26(20-39-29)30(35)32-15-14-21-8-13-27(37-2)28(16-21)38-3/h4-13,16,20H,14-15,17-19H2,1-3H3,(H,32,35). The lowest BCUT2D eigenvalue weighted by Crippen LogP contribution is -2.26. The van der Waals surface area contributed by atoms with Crippen LogP contribution in [-0.2, 0) is 26.1 Å². The van der Waals surface area contributed by atoms with Crippen LogP contribution in [0.3, 0.4) is 0 Å². The van der Waals surface area contributed by atoms with Crippen LogP contribution in [0.15, 0.2) is 72.1 Å². The maximum atomic E-state index is 13.4. The molecule has 0 aliphatic rings. The van der Waals surface area contributed by atoms with E-state index >= 15 is 0 Å². The van der Waals surface area contributed by atoms with E-state index in [4.69, 9.17) is 14.2 Å². The summed E-state index contributed by atoms with van der Waals surface area (Å²) in [6, 6.07) is 20.1. The van der Waals surface area contributed by atoms with Crippen molar-refractivity contribution in [2.45, 2.75) is 26.1 Å². The smallest absolute Gasteiger partial charge is 0.270 e. The van der Waals surface area contributed by atoms with Crippen molar-refractivity contribution in [3.63, 3.8) is 0 Å². The predicted octanol–water partition coefficient (Wildman–Crippen LogP) is 5.48. The summed E-state index contributed by atoms with van der Waals surface area (Å²) in [4.78, 5) is 19.6. The first-order chi connectivity index (χ1) is 19.0. The fourth-order valence-corrected chi connectivity index (χ4v) is 4.95. The van der Waals surface area contributed by atoms with Crippen LogP contribution in [0.2, 0.25) is 0 Å². The summed E-state index contributed by atoms with van der Waals surface area (Å²) in [5.74, 6) is 1.65. The van der Waals surface area contributed by atoms with E-state index in [2.05, 4.69) is 15.2 Å². The Labute approximate surface area is 232 Å². The Morgan fingerprint density at radius 1 is 0.846 bits per heavy atom. The molecule has 7 nitrogen and oxygen atoms in total. The Balaban J connectivity index is 1.37. The summed E-state index contributed by atoms with van der Waals surface area (Å²) in [6.07, 6.45) is 0.649. The molecule has 0 unspecified atom stereocenters. The predicted molar refractivity (Wildman–Crippen MR) is 150 cm³/mol. The fourth-order valence-electron chi connectivity index (χ4n) is 4.13. The molecule has 0 atom stereocenters. The summed E-state index contributed by atoms with van der Waals surface area (Å²) in [5.41, 5.74) is 3.53. The molecule has 39 heavy (non-hydrogen) atoms. The highest BCUT2D eigenvalue weighted by molar-refractivity contribution is 7.09. The van der Waals surface area contributed by atoms with Crippen LogP contribution >= 0.6 is 11.3 Å². The van der Waals surface area contributed by atoms with E-state index in [0.29, 0.717) is 49.8 Å². The average molecular weight is 550 g/mol. The molecular weight excluding hydrogens is 517 g/mol. The van der Waals surface area contributed by atoms with Gasteiger partial charge in [0.25, 0.3) is 5.91 Å². The molecule has 1 N–H and O–H groups in total. The highest BCUT2D eigenvalue weighted by Crippen LogP contribution is 2.27.